The maximum Gasteiger partial charge on any atom is 0.410 e. The van der Waals surface area contributed by atoms with Gasteiger partial charge in [-0.15, -0.1) is 0 Å². The molecule has 1 atom stereocenters. The van der Waals surface area contributed by atoms with Crippen LogP contribution < -0.4 is 11.6 Å². The molecule has 0 spiro atoms. The van der Waals surface area contributed by atoms with Gasteiger partial charge in [-0.25, -0.2) is 10.6 Å². The molecule has 0 radical (unpaired) electrons. The van der Waals surface area contributed by atoms with E-state index >= 15 is 0 Å². The van der Waals surface area contributed by atoms with E-state index < -0.39 is 5.60 Å². The Morgan fingerprint density at radius 1 is 1.31 bits per heavy atom. The van der Waals surface area contributed by atoms with Crippen molar-refractivity contribution in [1.82, 2.24) is 19.8 Å². The van der Waals surface area contributed by atoms with Crippen LogP contribution >= 0.6 is 0 Å². The molecule has 0 saturated carbocycles. The van der Waals surface area contributed by atoms with Crippen molar-refractivity contribution in [2.75, 3.05) is 33.2 Å². The van der Waals surface area contributed by atoms with Crippen molar-refractivity contribution >= 4 is 6.09 Å². The van der Waals surface area contributed by atoms with Crippen LogP contribution in [0.3, 0.4) is 0 Å². The normalized spacial score (nSPS) is 20.2. The van der Waals surface area contributed by atoms with Gasteiger partial charge in [-0.05, 0) is 77.5 Å². The number of carbonyl (C=O) groups excluding carboxylic acids is 1. The summed E-state index contributed by atoms with van der Waals surface area (Å²) in [7, 11) is 2.10. The number of hydrogen-bond donors (Lipinski definition) is 2. The Bertz CT molecular complexity index is 798. The van der Waals surface area contributed by atoms with Crippen LogP contribution in [0.1, 0.15) is 63.8 Å². The molecule has 2 aliphatic rings. The van der Waals surface area contributed by atoms with Crippen molar-refractivity contribution in [1.29, 1.82) is 0 Å². The molecule has 8 heteroatoms. The van der Waals surface area contributed by atoms with Crippen molar-refractivity contribution < 1.29 is 9.53 Å². The van der Waals surface area contributed by atoms with Crippen molar-refractivity contribution in [2.45, 2.75) is 64.5 Å². The fourth-order valence-electron chi connectivity index (χ4n) is 4.64. The van der Waals surface area contributed by atoms with Gasteiger partial charge in [0.25, 0.3) is 0 Å². The van der Waals surface area contributed by atoms with Gasteiger partial charge in [-0.1, -0.05) is 6.07 Å². The van der Waals surface area contributed by atoms with E-state index in [4.69, 9.17) is 16.3 Å². The number of aromatic nitrogens is 1. The first-order chi connectivity index (χ1) is 15.1. The Kier molecular flexibility index (Phi) is 8.00. The molecule has 1 amide bonds. The lowest BCUT2D eigenvalue weighted by Crippen LogP contribution is -2.44. The molecule has 1 saturated heterocycles. The molecule has 32 heavy (non-hydrogen) atoms. The largest absolute Gasteiger partial charge is 0.444 e. The average Bonchev–Trinajstić information content (AvgIpc) is 2.72. The van der Waals surface area contributed by atoms with E-state index in [0.717, 1.165) is 37.9 Å². The van der Waals surface area contributed by atoms with Crippen molar-refractivity contribution in [3.8, 4) is 0 Å². The molecule has 4 N–H and O–H groups in total. The van der Waals surface area contributed by atoms with Crippen LogP contribution in [-0.2, 0) is 11.2 Å². The second-order valence-corrected chi connectivity index (χ2v) is 10.2. The van der Waals surface area contributed by atoms with Gasteiger partial charge >= 0.3 is 6.09 Å². The Hall–Kier alpha value is -2.32. The lowest BCUT2D eigenvalue weighted by Gasteiger charge is -2.35. The van der Waals surface area contributed by atoms with Crippen molar-refractivity contribution in [2.24, 2.45) is 17.5 Å². The minimum Gasteiger partial charge on any atom is -0.444 e. The zero-order valence-corrected chi connectivity index (χ0v) is 20.1. The first kappa shape index (κ1) is 24.3. The third kappa shape index (κ3) is 6.84. The molecule has 3 rings (SSSR count). The number of carbonyl (C=O) groups is 1. The summed E-state index contributed by atoms with van der Waals surface area (Å²) in [5.41, 5.74) is 9.13. The Morgan fingerprint density at radius 3 is 2.72 bits per heavy atom. The smallest absolute Gasteiger partial charge is 0.410 e. The van der Waals surface area contributed by atoms with Crippen molar-refractivity contribution in [3.63, 3.8) is 0 Å². The highest BCUT2D eigenvalue weighted by Gasteiger charge is 2.28. The van der Waals surface area contributed by atoms with Gasteiger partial charge in [0.15, 0.2) is 0 Å². The molecule has 1 unspecified atom stereocenters. The highest BCUT2D eigenvalue weighted by Crippen LogP contribution is 2.32. The average molecular weight is 445 g/mol. The van der Waals surface area contributed by atoms with Crippen molar-refractivity contribution in [3.05, 3.63) is 41.5 Å². The SMILES string of the molecule is CN(C/C(N)=C/N(N)CC1CCN(C(=O)OC(C)(C)C)CC1)C1CCCc2cccnc21. The summed E-state index contributed by atoms with van der Waals surface area (Å²) in [5, 5.41) is 1.70. The van der Waals surface area contributed by atoms with Crippen LogP contribution in [0.4, 0.5) is 4.79 Å². The molecular weight excluding hydrogens is 404 g/mol. The van der Waals surface area contributed by atoms with E-state index in [1.807, 2.05) is 39.2 Å². The minimum absolute atomic E-state index is 0.230. The zero-order chi connectivity index (χ0) is 23.3. The highest BCUT2D eigenvalue weighted by atomic mass is 16.6. The fraction of sp³-hybridized carbons (Fsp3) is 0.667. The fourth-order valence-corrected chi connectivity index (χ4v) is 4.64. The first-order valence-corrected chi connectivity index (χ1v) is 11.7. The van der Waals surface area contributed by atoms with Gasteiger partial charge < -0.3 is 20.4 Å². The molecule has 1 aromatic rings. The van der Waals surface area contributed by atoms with Crippen LogP contribution in [0.15, 0.2) is 30.2 Å². The number of pyridine rings is 1. The number of nitrogens with zero attached hydrogens (tertiary/aromatic N) is 4. The van der Waals surface area contributed by atoms with Crippen LogP contribution in [0, 0.1) is 5.92 Å². The molecule has 0 aromatic carbocycles. The minimum atomic E-state index is -0.465. The maximum absolute atomic E-state index is 12.2. The molecule has 1 aliphatic carbocycles. The summed E-state index contributed by atoms with van der Waals surface area (Å²) in [6.07, 6.45) is 8.67. The number of ether oxygens (including phenoxy) is 1. The number of nitrogens with two attached hydrogens (primary N) is 2. The van der Waals surface area contributed by atoms with Gasteiger partial charge in [0.05, 0.1) is 11.7 Å². The monoisotopic (exact) mass is 444 g/mol. The van der Waals surface area contributed by atoms with Crippen LogP contribution in [0.5, 0.6) is 0 Å². The Morgan fingerprint density at radius 2 is 2.03 bits per heavy atom. The third-order valence-corrected chi connectivity index (χ3v) is 6.20. The predicted octanol–water partition coefficient (Wildman–Crippen LogP) is 3.01. The van der Waals surface area contributed by atoms with E-state index in [9.17, 15) is 4.79 Å². The summed E-state index contributed by atoms with van der Waals surface area (Å²) < 4.78 is 5.47. The quantitative estimate of drug-likeness (QED) is 0.514. The number of likely N-dealkylation sites (N-methyl/N-ethyl adjacent to an activating group) is 1. The van der Waals surface area contributed by atoms with Crippen LogP contribution in [0.25, 0.3) is 0 Å². The van der Waals surface area contributed by atoms with Gasteiger partial charge in [0, 0.05) is 44.3 Å². The predicted molar refractivity (Wildman–Crippen MR) is 126 cm³/mol. The van der Waals surface area contributed by atoms with Gasteiger partial charge in [-0.3, -0.25) is 9.88 Å². The summed E-state index contributed by atoms with van der Waals surface area (Å²) in [6, 6.07) is 4.48. The van der Waals surface area contributed by atoms with Crippen LogP contribution in [-0.4, -0.2) is 64.7 Å². The van der Waals surface area contributed by atoms with Gasteiger partial charge in [0.1, 0.15) is 5.60 Å². The Labute approximate surface area is 192 Å². The highest BCUT2D eigenvalue weighted by molar-refractivity contribution is 5.68. The Balaban J connectivity index is 1.46. The standard InChI is InChI=1S/C24H40N6O2/c1-24(2,3)32-23(31)29-13-10-18(11-14-29)15-30(26)17-20(25)16-28(4)21-9-5-7-19-8-6-12-27-22(19)21/h6,8,12,17-18,21H,5,7,9-11,13-16,25-26H2,1-4H3/b20-17-. The number of aryl methyl sites for hydroxylation is 1. The molecule has 8 nitrogen and oxygen atoms in total. The van der Waals surface area contributed by atoms with Crippen LogP contribution in [0.2, 0.25) is 0 Å². The van der Waals surface area contributed by atoms with E-state index in [-0.39, 0.29) is 12.1 Å². The molecule has 1 fully saturated rings. The topological polar surface area (TPSA) is 101 Å². The van der Waals surface area contributed by atoms with E-state index in [0.29, 0.717) is 25.6 Å². The second-order valence-electron chi connectivity index (χ2n) is 10.2. The molecule has 0 bridgehead atoms. The molecule has 2 heterocycles. The number of hydrogen-bond acceptors (Lipinski definition) is 7. The number of hydrazine groups is 1. The number of rotatable bonds is 6. The first-order valence-electron chi connectivity index (χ1n) is 11.7. The third-order valence-electron chi connectivity index (χ3n) is 6.20. The van der Waals surface area contributed by atoms with E-state index in [2.05, 4.69) is 23.0 Å². The number of likely N-dealkylation sites (tertiary alicyclic amines) is 1. The van der Waals surface area contributed by atoms with E-state index in [1.54, 1.807) is 9.91 Å². The molecule has 1 aromatic heterocycles. The second kappa shape index (κ2) is 10.5. The number of piperidine rings is 1. The molecule has 1 aliphatic heterocycles. The number of fused-ring (bicyclic) bond motifs is 1. The van der Waals surface area contributed by atoms with Gasteiger partial charge in [-0.2, -0.15) is 0 Å². The van der Waals surface area contributed by atoms with E-state index in [1.165, 1.54) is 17.7 Å². The maximum atomic E-state index is 12.2. The summed E-state index contributed by atoms with van der Waals surface area (Å²) >= 11 is 0. The lowest BCUT2D eigenvalue weighted by atomic mass is 9.91. The summed E-state index contributed by atoms with van der Waals surface area (Å²) in [5.74, 6) is 6.68. The number of amides is 1. The zero-order valence-electron chi connectivity index (χ0n) is 20.1. The molecule has 178 valence electrons. The summed E-state index contributed by atoms with van der Waals surface area (Å²) in [6.45, 7) is 8.43. The molecular formula is C24H40N6O2. The van der Waals surface area contributed by atoms with Gasteiger partial charge in [0.2, 0.25) is 0 Å². The lowest BCUT2D eigenvalue weighted by molar-refractivity contribution is 0.0175. The summed E-state index contributed by atoms with van der Waals surface area (Å²) in [4.78, 5) is 20.9.